The fraction of sp³-hybridized carbons (Fsp3) is 0.471. The average molecular weight is 350 g/mol. The first kappa shape index (κ1) is 18.7. The molecule has 0 radical (unpaired) electrons. The molecule has 25 heavy (non-hydrogen) atoms. The highest BCUT2D eigenvalue weighted by Crippen LogP contribution is 2.21. The number of anilines is 1. The van der Waals surface area contributed by atoms with Crippen molar-refractivity contribution in [3.63, 3.8) is 0 Å². The lowest BCUT2D eigenvalue weighted by Crippen LogP contribution is -2.37. The van der Waals surface area contributed by atoms with Crippen LogP contribution in [0.1, 0.15) is 24.0 Å². The van der Waals surface area contributed by atoms with Crippen molar-refractivity contribution in [1.82, 2.24) is 10.7 Å². The molecule has 3 N–H and O–H groups in total. The Morgan fingerprint density at radius 1 is 1.52 bits per heavy atom. The molecule has 1 aliphatic rings. The van der Waals surface area contributed by atoms with Crippen molar-refractivity contribution >= 4 is 23.8 Å². The summed E-state index contributed by atoms with van der Waals surface area (Å²) < 4.78 is 18.2. The Kier molecular flexibility index (Phi) is 7.18. The predicted octanol–water partition coefficient (Wildman–Crippen LogP) is 1.19. The number of carbonyl (C=O) groups excluding carboxylic acids is 2. The van der Waals surface area contributed by atoms with Gasteiger partial charge in [-0.3, -0.25) is 9.59 Å². The molecule has 1 amide bonds. The number of ether oxygens (including phenoxy) is 1. The Balaban J connectivity index is 2.06. The Bertz CT molecular complexity index is 626. The summed E-state index contributed by atoms with van der Waals surface area (Å²) in [5.41, 5.74) is 5.05. The van der Waals surface area contributed by atoms with Crippen LogP contribution in [0.15, 0.2) is 23.3 Å². The number of carbonyl (C=O) groups is 2. The minimum absolute atomic E-state index is 0.00458. The summed E-state index contributed by atoms with van der Waals surface area (Å²) >= 11 is 0. The van der Waals surface area contributed by atoms with Gasteiger partial charge in [0.25, 0.3) is 6.47 Å². The molecule has 1 saturated heterocycles. The van der Waals surface area contributed by atoms with Crippen LogP contribution in [0.4, 0.5) is 10.1 Å². The quantitative estimate of drug-likeness (QED) is 0.353. The van der Waals surface area contributed by atoms with Gasteiger partial charge in [0.2, 0.25) is 5.91 Å². The molecule has 1 aromatic rings. The maximum Gasteiger partial charge on any atom is 0.293 e. The maximum absolute atomic E-state index is 13.4. The predicted molar refractivity (Wildman–Crippen MR) is 93.1 cm³/mol. The van der Waals surface area contributed by atoms with E-state index in [2.05, 4.69) is 21.2 Å². The summed E-state index contributed by atoms with van der Waals surface area (Å²) in [6.07, 6.45) is 1.35. The lowest BCUT2D eigenvalue weighted by molar-refractivity contribution is -0.127. The van der Waals surface area contributed by atoms with Crippen LogP contribution in [0.3, 0.4) is 0 Å². The fourth-order valence-corrected chi connectivity index (χ4v) is 2.70. The summed E-state index contributed by atoms with van der Waals surface area (Å²) in [4.78, 5) is 21.6. The Hall–Kier alpha value is -2.64. The van der Waals surface area contributed by atoms with Crippen molar-refractivity contribution in [2.45, 2.75) is 19.5 Å². The van der Waals surface area contributed by atoms with Gasteiger partial charge in [0.05, 0.1) is 0 Å². The molecule has 7 nitrogen and oxygen atoms in total. The molecule has 1 fully saturated rings. The Morgan fingerprint density at radius 2 is 2.36 bits per heavy atom. The first-order chi connectivity index (χ1) is 12.2. The van der Waals surface area contributed by atoms with Gasteiger partial charge >= 0.3 is 0 Å². The summed E-state index contributed by atoms with van der Waals surface area (Å²) in [6.45, 7) is 1.03. The van der Waals surface area contributed by atoms with E-state index in [4.69, 9.17) is 4.74 Å². The molecule has 8 heteroatoms. The van der Waals surface area contributed by atoms with E-state index >= 15 is 0 Å². The van der Waals surface area contributed by atoms with E-state index in [0.717, 1.165) is 6.42 Å². The molecular formula is C17H23FN4O3. The SMILES string of the molecule is CN/N=C(\COC=O)c1ccc(NCC2CCC(=O)NC2)c(CF)c1. The lowest BCUT2D eigenvalue weighted by atomic mass is 9.98. The second-order valence-electron chi connectivity index (χ2n) is 5.78. The number of nitrogens with one attached hydrogen (secondary N) is 3. The molecule has 0 bridgehead atoms. The van der Waals surface area contributed by atoms with E-state index < -0.39 is 6.67 Å². The zero-order valence-corrected chi connectivity index (χ0v) is 14.2. The van der Waals surface area contributed by atoms with Gasteiger partial charge in [0.1, 0.15) is 19.0 Å². The number of hydrogen-bond acceptors (Lipinski definition) is 6. The van der Waals surface area contributed by atoms with Crippen molar-refractivity contribution in [2.24, 2.45) is 11.0 Å². The lowest BCUT2D eigenvalue weighted by Gasteiger charge is -2.23. The molecule has 1 unspecified atom stereocenters. The number of alkyl halides is 1. The van der Waals surface area contributed by atoms with E-state index in [0.29, 0.717) is 54.4 Å². The zero-order valence-electron chi connectivity index (χ0n) is 14.2. The topological polar surface area (TPSA) is 91.8 Å². The molecule has 136 valence electrons. The maximum atomic E-state index is 13.4. The van der Waals surface area contributed by atoms with E-state index in [1.807, 2.05) is 0 Å². The number of benzene rings is 1. The minimum Gasteiger partial charge on any atom is -0.461 e. The van der Waals surface area contributed by atoms with E-state index in [9.17, 15) is 14.0 Å². The highest BCUT2D eigenvalue weighted by Gasteiger charge is 2.18. The van der Waals surface area contributed by atoms with Crippen molar-refractivity contribution in [3.8, 4) is 0 Å². The molecule has 0 spiro atoms. The number of amides is 1. The van der Waals surface area contributed by atoms with Crippen molar-refractivity contribution in [1.29, 1.82) is 0 Å². The second kappa shape index (κ2) is 9.61. The third-order valence-corrected chi connectivity index (χ3v) is 4.07. The number of nitrogens with zero attached hydrogens (tertiary/aromatic N) is 1. The summed E-state index contributed by atoms with van der Waals surface area (Å²) in [5, 5.41) is 10.2. The van der Waals surface area contributed by atoms with Crippen LogP contribution in [0.5, 0.6) is 0 Å². The summed E-state index contributed by atoms with van der Waals surface area (Å²) in [7, 11) is 1.63. The first-order valence-corrected chi connectivity index (χ1v) is 8.16. The molecule has 1 atom stereocenters. The van der Waals surface area contributed by atoms with Gasteiger partial charge in [-0.2, -0.15) is 5.10 Å². The summed E-state index contributed by atoms with van der Waals surface area (Å²) in [5.74, 6) is 0.409. The first-order valence-electron chi connectivity index (χ1n) is 8.16. The van der Waals surface area contributed by atoms with Gasteiger partial charge in [-0.05, 0) is 24.5 Å². The van der Waals surface area contributed by atoms with Crippen LogP contribution in [-0.4, -0.2) is 44.8 Å². The van der Waals surface area contributed by atoms with Crippen molar-refractivity contribution in [2.75, 3.05) is 32.1 Å². The highest BCUT2D eigenvalue weighted by molar-refractivity contribution is 6.02. The van der Waals surface area contributed by atoms with E-state index in [1.54, 1.807) is 25.2 Å². The Morgan fingerprint density at radius 3 is 3.00 bits per heavy atom. The van der Waals surface area contributed by atoms with Crippen molar-refractivity contribution in [3.05, 3.63) is 29.3 Å². The molecule has 0 aromatic heterocycles. The number of halogens is 1. The van der Waals surface area contributed by atoms with Gasteiger partial charge in [0, 0.05) is 43.4 Å². The van der Waals surface area contributed by atoms with Crippen LogP contribution >= 0.6 is 0 Å². The van der Waals surface area contributed by atoms with Crippen LogP contribution in [0.2, 0.25) is 0 Å². The van der Waals surface area contributed by atoms with E-state index in [-0.39, 0.29) is 12.5 Å². The normalized spacial score (nSPS) is 17.6. The molecule has 1 heterocycles. The van der Waals surface area contributed by atoms with Crippen LogP contribution in [0, 0.1) is 5.92 Å². The van der Waals surface area contributed by atoms with Crippen LogP contribution < -0.4 is 16.1 Å². The molecule has 1 aliphatic heterocycles. The number of hydrogen-bond donors (Lipinski definition) is 3. The van der Waals surface area contributed by atoms with E-state index in [1.165, 1.54) is 0 Å². The smallest absolute Gasteiger partial charge is 0.293 e. The second-order valence-corrected chi connectivity index (χ2v) is 5.78. The third kappa shape index (κ3) is 5.44. The molecule has 1 aromatic carbocycles. The van der Waals surface area contributed by atoms with Crippen LogP contribution in [-0.2, 0) is 21.0 Å². The van der Waals surface area contributed by atoms with Gasteiger partial charge in [-0.1, -0.05) is 6.07 Å². The van der Waals surface area contributed by atoms with Gasteiger partial charge in [0.15, 0.2) is 0 Å². The van der Waals surface area contributed by atoms with Crippen molar-refractivity contribution < 1.29 is 18.7 Å². The molecule has 0 saturated carbocycles. The van der Waals surface area contributed by atoms with Gasteiger partial charge < -0.3 is 20.8 Å². The summed E-state index contributed by atoms with van der Waals surface area (Å²) in [6, 6.07) is 5.28. The Labute approximate surface area is 146 Å². The molecule has 2 rings (SSSR count). The minimum atomic E-state index is -0.626. The average Bonchev–Trinajstić information content (AvgIpc) is 2.64. The van der Waals surface area contributed by atoms with Crippen LogP contribution in [0.25, 0.3) is 0 Å². The standard InChI is InChI=1S/C17H23FN4O3/c1-19-22-16(10-25-11-23)13-3-4-15(14(6-13)7-18)20-8-12-2-5-17(24)21-9-12/h3-4,6,11-12,19-20H,2,5,7-10H2,1H3,(H,21,24)/b22-16+. The van der Waals surface area contributed by atoms with Gasteiger partial charge in [-0.15, -0.1) is 0 Å². The molecular weight excluding hydrogens is 327 g/mol. The largest absolute Gasteiger partial charge is 0.461 e. The third-order valence-electron chi connectivity index (χ3n) is 4.07. The van der Waals surface area contributed by atoms with Gasteiger partial charge in [-0.25, -0.2) is 4.39 Å². The number of rotatable bonds is 9. The molecule has 0 aliphatic carbocycles. The number of hydrazone groups is 1. The number of piperidine rings is 1. The zero-order chi connectivity index (χ0) is 18.1. The fourth-order valence-electron chi connectivity index (χ4n) is 2.70. The monoisotopic (exact) mass is 350 g/mol. The highest BCUT2D eigenvalue weighted by atomic mass is 19.1.